The lowest BCUT2D eigenvalue weighted by Crippen LogP contribution is -2.15. The predicted octanol–water partition coefficient (Wildman–Crippen LogP) is 2.13. The molecule has 0 fully saturated rings. The predicted molar refractivity (Wildman–Crippen MR) is 46.8 cm³/mol. The first-order valence-electron chi connectivity index (χ1n) is 3.12. The van der Waals surface area contributed by atoms with Crippen molar-refractivity contribution in [2.45, 2.75) is 0 Å². The molecule has 0 amide bonds. The number of anilines is 1. The van der Waals surface area contributed by atoms with E-state index < -0.39 is 0 Å². The van der Waals surface area contributed by atoms with Gasteiger partial charge in [0.15, 0.2) is 0 Å². The van der Waals surface area contributed by atoms with Gasteiger partial charge < -0.3 is 5.43 Å². The van der Waals surface area contributed by atoms with Crippen LogP contribution in [-0.4, -0.2) is 7.05 Å². The van der Waals surface area contributed by atoms with Crippen LogP contribution in [0.15, 0.2) is 22.7 Å². The molecule has 0 aliphatic heterocycles. The zero-order valence-corrected chi connectivity index (χ0v) is 7.57. The van der Waals surface area contributed by atoms with Crippen molar-refractivity contribution < 1.29 is 4.39 Å². The van der Waals surface area contributed by atoms with Gasteiger partial charge in [-0.3, -0.25) is 0 Å². The van der Waals surface area contributed by atoms with Crippen molar-refractivity contribution in [3.8, 4) is 0 Å². The maximum absolute atomic E-state index is 12.9. The highest BCUT2D eigenvalue weighted by molar-refractivity contribution is 9.10. The van der Waals surface area contributed by atoms with E-state index in [2.05, 4.69) is 26.8 Å². The van der Waals surface area contributed by atoms with Gasteiger partial charge in [-0.05, 0) is 18.2 Å². The van der Waals surface area contributed by atoms with Crippen LogP contribution in [0.4, 0.5) is 10.1 Å². The summed E-state index contributed by atoms with van der Waals surface area (Å²) in [7, 11) is 1.68. The van der Waals surface area contributed by atoms with Crippen molar-refractivity contribution >= 4 is 21.6 Å². The Bertz CT molecular complexity index is 252. The van der Waals surface area contributed by atoms with Crippen LogP contribution in [0.3, 0.4) is 0 Å². The van der Waals surface area contributed by atoms with Gasteiger partial charge in [0.2, 0.25) is 0 Å². The Morgan fingerprint density at radius 3 is 2.73 bits per heavy atom. The molecule has 0 aliphatic rings. The zero-order valence-electron chi connectivity index (χ0n) is 5.99. The summed E-state index contributed by atoms with van der Waals surface area (Å²) in [6, 6.07) is 4.82. The smallest absolute Gasteiger partial charge is 0.148 e. The number of hydrogen-bond donors (Lipinski definition) is 2. The van der Waals surface area contributed by atoms with Crippen LogP contribution in [-0.2, 0) is 0 Å². The molecule has 60 valence electrons. The first-order valence-corrected chi connectivity index (χ1v) is 3.91. The summed E-state index contributed by atoms with van der Waals surface area (Å²) < 4.78 is 13.6. The summed E-state index contributed by atoms with van der Waals surface area (Å²) in [5.41, 5.74) is 5.74. The molecule has 4 heteroatoms. The molecular weight excluding hydrogens is 211 g/mol. The minimum absolute atomic E-state index is 0.284. The number of halogens is 2. The zero-order chi connectivity index (χ0) is 8.27. The van der Waals surface area contributed by atoms with Gasteiger partial charge in [-0.15, -0.1) is 0 Å². The summed E-state index contributed by atoms with van der Waals surface area (Å²) in [5.74, 6) is -0.284. The Hall–Kier alpha value is -0.610. The number of hydrazine groups is 1. The van der Waals surface area contributed by atoms with Crippen molar-refractivity contribution in [3.05, 3.63) is 28.5 Å². The highest BCUT2D eigenvalue weighted by atomic mass is 79.9. The highest BCUT2D eigenvalue weighted by Crippen LogP contribution is 2.18. The molecule has 0 atom stereocenters. The van der Waals surface area contributed by atoms with Crippen molar-refractivity contribution in [1.82, 2.24) is 5.43 Å². The second kappa shape index (κ2) is 3.69. The van der Waals surface area contributed by atoms with Crippen LogP contribution < -0.4 is 10.9 Å². The number of hydrogen-bond acceptors (Lipinski definition) is 2. The maximum atomic E-state index is 12.9. The molecule has 1 rings (SSSR count). The number of benzene rings is 1. The van der Waals surface area contributed by atoms with E-state index in [1.165, 1.54) is 6.07 Å². The molecule has 0 radical (unpaired) electrons. The third-order valence-electron chi connectivity index (χ3n) is 1.19. The topological polar surface area (TPSA) is 24.1 Å². The minimum atomic E-state index is -0.284. The van der Waals surface area contributed by atoms with Gasteiger partial charge in [-0.2, -0.15) is 0 Å². The lowest BCUT2D eigenvalue weighted by atomic mass is 10.3. The minimum Gasteiger partial charge on any atom is -0.319 e. The molecule has 2 N–H and O–H groups in total. The van der Waals surface area contributed by atoms with E-state index in [-0.39, 0.29) is 5.82 Å². The van der Waals surface area contributed by atoms with E-state index >= 15 is 0 Å². The summed E-state index contributed by atoms with van der Waals surface area (Å²) in [6.07, 6.45) is 0. The van der Waals surface area contributed by atoms with Gasteiger partial charge in [0.25, 0.3) is 0 Å². The fraction of sp³-hybridized carbons (Fsp3) is 0.143. The van der Waals surface area contributed by atoms with Crippen LogP contribution in [0.2, 0.25) is 0 Å². The highest BCUT2D eigenvalue weighted by Gasteiger charge is 1.99. The molecule has 0 aliphatic carbocycles. The quantitative estimate of drug-likeness (QED) is 0.744. The monoisotopic (exact) mass is 218 g/mol. The maximum Gasteiger partial charge on any atom is 0.148 e. The van der Waals surface area contributed by atoms with Crippen LogP contribution in [0, 0.1) is 5.82 Å². The molecule has 2 nitrogen and oxygen atoms in total. The summed E-state index contributed by atoms with van der Waals surface area (Å²) in [5, 5.41) is 0. The Morgan fingerprint density at radius 1 is 1.45 bits per heavy atom. The molecule has 0 saturated carbocycles. The standard InChI is InChI=1S/C7H8BrFN2/c1-10-11-7-3-2-5(8)4-6(7)9/h2-4,10-11H,1H3. The Kier molecular flexibility index (Phi) is 2.84. The van der Waals surface area contributed by atoms with Gasteiger partial charge in [-0.1, -0.05) is 15.9 Å². The normalized spacial score (nSPS) is 9.73. The largest absolute Gasteiger partial charge is 0.319 e. The number of nitrogens with one attached hydrogen (secondary N) is 2. The van der Waals surface area contributed by atoms with Crippen molar-refractivity contribution in [3.63, 3.8) is 0 Å². The second-order valence-electron chi connectivity index (χ2n) is 2.00. The average Bonchev–Trinajstić information content (AvgIpc) is 1.95. The van der Waals surface area contributed by atoms with Gasteiger partial charge >= 0.3 is 0 Å². The molecule has 0 aromatic heterocycles. The molecular formula is C7H8BrFN2. The fourth-order valence-electron chi connectivity index (χ4n) is 0.726. The Balaban J connectivity index is 2.90. The molecule has 11 heavy (non-hydrogen) atoms. The molecule has 0 saturated heterocycles. The molecule has 0 spiro atoms. The Morgan fingerprint density at radius 2 is 2.18 bits per heavy atom. The lowest BCUT2D eigenvalue weighted by molar-refractivity contribution is 0.627. The van der Waals surface area contributed by atoms with Crippen LogP contribution in [0.1, 0.15) is 0 Å². The van der Waals surface area contributed by atoms with Crippen LogP contribution in [0.5, 0.6) is 0 Å². The third kappa shape index (κ3) is 2.17. The van der Waals surface area contributed by atoms with Crippen LogP contribution >= 0.6 is 15.9 Å². The van der Waals surface area contributed by atoms with Crippen molar-refractivity contribution in [2.24, 2.45) is 0 Å². The summed E-state index contributed by atoms with van der Waals surface area (Å²) in [4.78, 5) is 0. The summed E-state index contributed by atoms with van der Waals surface area (Å²) >= 11 is 3.16. The summed E-state index contributed by atoms with van der Waals surface area (Å²) in [6.45, 7) is 0. The van der Waals surface area contributed by atoms with Gasteiger partial charge in [0, 0.05) is 11.5 Å². The van der Waals surface area contributed by atoms with Gasteiger partial charge in [0.1, 0.15) is 5.82 Å². The third-order valence-corrected chi connectivity index (χ3v) is 1.68. The molecule has 0 heterocycles. The van der Waals surface area contributed by atoms with Crippen molar-refractivity contribution in [1.29, 1.82) is 0 Å². The van der Waals surface area contributed by atoms with E-state index in [0.29, 0.717) is 5.69 Å². The Labute approximate surface area is 72.9 Å². The second-order valence-corrected chi connectivity index (χ2v) is 2.91. The number of rotatable bonds is 2. The molecule has 1 aromatic rings. The molecule has 1 aromatic carbocycles. The van der Waals surface area contributed by atoms with Gasteiger partial charge in [0.05, 0.1) is 5.69 Å². The van der Waals surface area contributed by atoms with E-state index in [1.807, 2.05) is 0 Å². The lowest BCUT2D eigenvalue weighted by Gasteiger charge is -2.04. The van der Waals surface area contributed by atoms with E-state index in [0.717, 1.165) is 4.47 Å². The van der Waals surface area contributed by atoms with Gasteiger partial charge in [-0.25, -0.2) is 9.82 Å². The van der Waals surface area contributed by atoms with Crippen LogP contribution in [0.25, 0.3) is 0 Å². The molecule has 0 unspecified atom stereocenters. The van der Waals surface area contributed by atoms with E-state index in [9.17, 15) is 4.39 Å². The average molecular weight is 219 g/mol. The van der Waals surface area contributed by atoms with Crippen molar-refractivity contribution in [2.75, 3.05) is 12.5 Å². The van der Waals surface area contributed by atoms with E-state index in [1.54, 1.807) is 19.2 Å². The molecule has 0 bridgehead atoms. The first-order chi connectivity index (χ1) is 5.24. The first kappa shape index (κ1) is 8.49. The fourth-order valence-corrected chi connectivity index (χ4v) is 1.06. The van der Waals surface area contributed by atoms with E-state index in [4.69, 9.17) is 0 Å². The SMILES string of the molecule is CNNc1ccc(Br)cc1F.